The van der Waals surface area contributed by atoms with E-state index in [9.17, 15) is 9.59 Å². The van der Waals surface area contributed by atoms with Crippen molar-refractivity contribution in [2.75, 3.05) is 5.32 Å². The highest BCUT2D eigenvalue weighted by Crippen LogP contribution is 2.18. The summed E-state index contributed by atoms with van der Waals surface area (Å²) in [6, 6.07) is 8.94. The zero-order chi connectivity index (χ0) is 14.5. The molecule has 0 aliphatic heterocycles. The normalized spacial score (nSPS) is 10.7. The van der Waals surface area contributed by atoms with Crippen molar-refractivity contribution in [3.05, 3.63) is 57.8 Å². The summed E-state index contributed by atoms with van der Waals surface area (Å²) in [7, 11) is 0. The lowest BCUT2D eigenvalue weighted by Gasteiger charge is -2.07. The number of aliphatic carboxylic acids is 1. The number of nitrogens with one attached hydrogen (secondary N) is 1. The Labute approximate surface area is 120 Å². The van der Waals surface area contributed by atoms with Crippen LogP contribution in [0.3, 0.4) is 0 Å². The van der Waals surface area contributed by atoms with E-state index in [1.165, 1.54) is 17.4 Å². The molecule has 0 bridgehead atoms. The lowest BCUT2D eigenvalue weighted by atomic mass is 10.1. The zero-order valence-electron chi connectivity index (χ0n) is 10.8. The van der Waals surface area contributed by atoms with Gasteiger partial charge in [-0.15, -0.1) is 11.3 Å². The summed E-state index contributed by atoms with van der Waals surface area (Å²) in [6.07, 6.45) is 2.59. The monoisotopic (exact) mass is 287 g/mol. The average molecular weight is 287 g/mol. The van der Waals surface area contributed by atoms with Gasteiger partial charge < -0.3 is 10.4 Å². The summed E-state index contributed by atoms with van der Waals surface area (Å²) < 4.78 is 0. The molecule has 1 aromatic carbocycles. The van der Waals surface area contributed by atoms with Crippen LogP contribution >= 0.6 is 11.3 Å². The lowest BCUT2D eigenvalue weighted by Crippen LogP contribution is -2.10. The molecule has 1 amide bonds. The van der Waals surface area contributed by atoms with Crippen LogP contribution < -0.4 is 5.32 Å². The van der Waals surface area contributed by atoms with Crippen molar-refractivity contribution >= 4 is 35.0 Å². The van der Waals surface area contributed by atoms with E-state index in [2.05, 4.69) is 5.32 Å². The molecule has 20 heavy (non-hydrogen) atoms. The Kier molecular flexibility index (Phi) is 4.32. The third-order valence-electron chi connectivity index (χ3n) is 2.69. The van der Waals surface area contributed by atoms with Gasteiger partial charge in [0.1, 0.15) is 0 Å². The fourth-order valence-corrected chi connectivity index (χ4v) is 2.28. The number of aryl methyl sites for hydroxylation is 1. The molecule has 1 heterocycles. The molecular formula is C15H13NO3S. The fourth-order valence-electron chi connectivity index (χ4n) is 1.66. The van der Waals surface area contributed by atoms with Crippen LogP contribution in [-0.4, -0.2) is 17.0 Å². The van der Waals surface area contributed by atoms with Crippen LogP contribution in [0, 0.1) is 6.92 Å². The first-order chi connectivity index (χ1) is 9.56. The van der Waals surface area contributed by atoms with Crippen molar-refractivity contribution in [2.24, 2.45) is 0 Å². The molecule has 102 valence electrons. The molecule has 0 spiro atoms. The van der Waals surface area contributed by atoms with Crippen molar-refractivity contribution in [2.45, 2.75) is 6.92 Å². The van der Waals surface area contributed by atoms with Gasteiger partial charge in [0.05, 0.1) is 4.88 Å². The summed E-state index contributed by atoms with van der Waals surface area (Å²) in [6.45, 7) is 1.88. The molecule has 5 heteroatoms. The molecule has 0 radical (unpaired) electrons. The predicted molar refractivity (Wildman–Crippen MR) is 80.1 cm³/mol. The van der Waals surface area contributed by atoms with Crippen LogP contribution in [0.15, 0.2) is 41.8 Å². The maximum atomic E-state index is 11.9. The largest absolute Gasteiger partial charge is 0.478 e. The van der Waals surface area contributed by atoms with E-state index in [0.717, 1.165) is 17.2 Å². The van der Waals surface area contributed by atoms with Crippen molar-refractivity contribution < 1.29 is 14.7 Å². The standard InChI is InChI=1S/C15H13NO3S/c1-10-4-6-12(9-11(10)5-7-14(17)18)16-15(19)13-3-2-8-20-13/h2-9H,1H3,(H,16,19)(H,17,18). The van der Waals surface area contributed by atoms with E-state index in [1.807, 2.05) is 24.4 Å². The Hall–Kier alpha value is -2.40. The Bertz CT molecular complexity index is 660. The number of anilines is 1. The predicted octanol–water partition coefficient (Wildman–Crippen LogP) is 3.41. The molecule has 0 fully saturated rings. The number of benzene rings is 1. The van der Waals surface area contributed by atoms with Gasteiger partial charge in [0.25, 0.3) is 5.91 Å². The summed E-state index contributed by atoms with van der Waals surface area (Å²) in [5, 5.41) is 13.3. The smallest absolute Gasteiger partial charge is 0.328 e. The van der Waals surface area contributed by atoms with Crippen LogP contribution in [0.4, 0.5) is 5.69 Å². The van der Waals surface area contributed by atoms with Crippen molar-refractivity contribution in [1.82, 2.24) is 0 Å². The third kappa shape index (κ3) is 3.55. The van der Waals surface area contributed by atoms with E-state index in [4.69, 9.17) is 5.11 Å². The number of carboxylic acids is 1. The van der Waals surface area contributed by atoms with E-state index in [-0.39, 0.29) is 5.91 Å². The van der Waals surface area contributed by atoms with Crippen molar-refractivity contribution in [1.29, 1.82) is 0 Å². The topological polar surface area (TPSA) is 66.4 Å². The van der Waals surface area contributed by atoms with Gasteiger partial charge in [-0.1, -0.05) is 12.1 Å². The van der Waals surface area contributed by atoms with Crippen LogP contribution in [0.2, 0.25) is 0 Å². The maximum Gasteiger partial charge on any atom is 0.328 e. The number of thiophene rings is 1. The molecule has 2 aromatic rings. The highest BCUT2D eigenvalue weighted by molar-refractivity contribution is 7.12. The van der Waals surface area contributed by atoms with Gasteiger partial charge in [0.2, 0.25) is 0 Å². The quantitative estimate of drug-likeness (QED) is 0.847. The number of rotatable bonds is 4. The van der Waals surface area contributed by atoms with Crippen LogP contribution in [-0.2, 0) is 4.79 Å². The van der Waals surface area contributed by atoms with E-state index >= 15 is 0 Å². The minimum absolute atomic E-state index is 0.169. The van der Waals surface area contributed by atoms with Crippen molar-refractivity contribution in [3.63, 3.8) is 0 Å². The van der Waals surface area contributed by atoms with E-state index in [1.54, 1.807) is 18.2 Å². The average Bonchev–Trinajstić information content (AvgIpc) is 2.93. The molecule has 0 aliphatic carbocycles. The number of carbonyl (C=O) groups excluding carboxylic acids is 1. The molecule has 2 rings (SSSR count). The molecule has 4 nitrogen and oxygen atoms in total. The van der Waals surface area contributed by atoms with Gasteiger partial charge in [-0.05, 0) is 47.7 Å². The molecule has 0 saturated carbocycles. The third-order valence-corrected chi connectivity index (χ3v) is 3.56. The minimum atomic E-state index is -1.00. The second-order valence-corrected chi connectivity index (χ2v) is 5.12. The Balaban J connectivity index is 2.19. The second kappa shape index (κ2) is 6.16. The first-order valence-electron chi connectivity index (χ1n) is 5.93. The molecule has 2 N–H and O–H groups in total. The van der Waals surface area contributed by atoms with Gasteiger partial charge in [-0.25, -0.2) is 4.79 Å². The number of amides is 1. The number of hydrogen-bond acceptors (Lipinski definition) is 3. The number of carboxylic acid groups (broad SMARTS) is 1. The lowest BCUT2D eigenvalue weighted by molar-refractivity contribution is -0.131. The van der Waals surface area contributed by atoms with Crippen LogP contribution in [0.1, 0.15) is 20.8 Å². The molecule has 0 aliphatic rings. The molecule has 1 aromatic heterocycles. The maximum absolute atomic E-state index is 11.9. The summed E-state index contributed by atoms with van der Waals surface area (Å²) in [5.41, 5.74) is 2.34. The molecule has 0 atom stereocenters. The first-order valence-corrected chi connectivity index (χ1v) is 6.81. The van der Waals surface area contributed by atoms with Gasteiger partial charge in [0.15, 0.2) is 0 Å². The van der Waals surface area contributed by atoms with Crippen LogP contribution in [0.5, 0.6) is 0 Å². The highest BCUT2D eigenvalue weighted by Gasteiger charge is 2.07. The van der Waals surface area contributed by atoms with E-state index < -0.39 is 5.97 Å². The zero-order valence-corrected chi connectivity index (χ0v) is 11.6. The van der Waals surface area contributed by atoms with Crippen LogP contribution in [0.25, 0.3) is 6.08 Å². The van der Waals surface area contributed by atoms with Gasteiger partial charge in [-0.3, -0.25) is 4.79 Å². The van der Waals surface area contributed by atoms with E-state index in [0.29, 0.717) is 10.6 Å². The number of carbonyl (C=O) groups is 2. The fraction of sp³-hybridized carbons (Fsp3) is 0.0667. The van der Waals surface area contributed by atoms with Gasteiger partial charge in [-0.2, -0.15) is 0 Å². The molecule has 0 saturated heterocycles. The SMILES string of the molecule is Cc1ccc(NC(=O)c2cccs2)cc1C=CC(=O)O. The van der Waals surface area contributed by atoms with Gasteiger partial charge in [0, 0.05) is 11.8 Å². The Morgan fingerprint density at radius 3 is 2.75 bits per heavy atom. The first kappa shape index (κ1) is 14.0. The minimum Gasteiger partial charge on any atom is -0.478 e. The number of hydrogen-bond donors (Lipinski definition) is 2. The summed E-state index contributed by atoms with van der Waals surface area (Å²) in [5.74, 6) is -1.17. The summed E-state index contributed by atoms with van der Waals surface area (Å²) >= 11 is 1.37. The second-order valence-electron chi connectivity index (χ2n) is 4.17. The summed E-state index contributed by atoms with van der Waals surface area (Å²) in [4.78, 5) is 23.1. The molecule has 0 unspecified atom stereocenters. The Morgan fingerprint density at radius 1 is 1.30 bits per heavy atom. The molecular weight excluding hydrogens is 274 g/mol. The Morgan fingerprint density at radius 2 is 2.10 bits per heavy atom. The highest BCUT2D eigenvalue weighted by atomic mass is 32.1. The van der Waals surface area contributed by atoms with Crippen molar-refractivity contribution in [3.8, 4) is 0 Å². The van der Waals surface area contributed by atoms with Gasteiger partial charge >= 0.3 is 5.97 Å².